The maximum Gasteiger partial charge on any atom is 0.250 e. The summed E-state index contributed by atoms with van der Waals surface area (Å²) in [6.07, 6.45) is 0. The third kappa shape index (κ3) is 5.05. The SMILES string of the molecule is NC(=O)c1ccc(NC(=O)CSc2nnc(-c3ccccc3F)n2-c2ccccc2)cc1Cl. The summed E-state index contributed by atoms with van der Waals surface area (Å²) in [5, 5.41) is 11.7. The quantitative estimate of drug-likeness (QED) is 0.377. The lowest BCUT2D eigenvalue weighted by molar-refractivity contribution is -0.113. The van der Waals surface area contributed by atoms with Gasteiger partial charge in [0.15, 0.2) is 11.0 Å². The number of para-hydroxylation sites is 1. The highest BCUT2D eigenvalue weighted by atomic mass is 35.5. The molecule has 0 aliphatic carbocycles. The lowest BCUT2D eigenvalue weighted by Crippen LogP contribution is -2.16. The van der Waals surface area contributed by atoms with Gasteiger partial charge in [0.25, 0.3) is 0 Å². The van der Waals surface area contributed by atoms with Crippen LogP contribution in [0.25, 0.3) is 17.1 Å². The van der Waals surface area contributed by atoms with E-state index in [2.05, 4.69) is 15.5 Å². The number of primary amides is 1. The van der Waals surface area contributed by atoms with E-state index in [1.807, 2.05) is 30.3 Å². The fraction of sp³-hybridized carbons (Fsp3) is 0.0435. The minimum absolute atomic E-state index is 0.0113. The molecule has 1 aromatic heterocycles. The second kappa shape index (κ2) is 9.85. The highest BCUT2D eigenvalue weighted by molar-refractivity contribution is 7.99. The first-order valence-corrected chi connectivity index (χ1v) is 11.1. The standard InChI is InChI=1S/C23H17ClFN5O2S/c24-18-12-14(10-11-16(18)21(26)32)27-20(31)13-33-23-29-28-22(17-8-4-5-9-19(17)25)30(23)15-6-2-1-3-7-15/h1-12H,13H2,(H2,26,32)(H,27,31). The number of nitrogens with one attached hydrogen (secondary N) is 1. The van der Waals surface area contributed by atoms with Gasteiger partial charge in [0.1, 0.15) is 5.82 Å². The molecule has 0 aliphatic rings. The Labute approximate surface area is 197 Å². The van der Waals surface area contributed by atoms with Crippen molar-refractivity contribution in [1.29, 1.82) is 0 Å². The van der Waals surface area contributed by atoms with Crippen LogP contribution in [-0.2, 0) is 4.79 Å². The Morgan fingerprint density at radius 3 is 2.45 bits per heavy atom. The van der Waals surface area contributed by atoms with Gasteiger partial charge in [0.05, 0.1) is 21.9 Å². The van der Waals surface area contributed by atoms with Gasteiger partial charge in [0.2, 0.25) is 11.8 Å². The van der Waals surface area contributed by atoms with Crippen LogP contribution in [0.5, 0.6) is 0 Å². The van der Waals surface area contributed by atoms with Crippen LogP contribution in [-0.4, -0.2) is 32.3 Å². The molecule has 0 saturated carbocycles. The third-order valence-electron chi connectivity index (χ3n) is 4.61. The number of benzene rings is 3. The van der Waals surface area contributed by atoms with Crippen LogP contribution in [0.1, 0.15) is 10.4 Å². The van der Waals surface area contributed by atoms with Crippen molar-refractivity contribution in [1.82, 2.24) is 14.8 Å². The largest absolute Gasteiger partial charge is 0.366 e. The van der Waals surface area contributed by atoms with Crippen molar-refractivity contribution in [2.75, 3.05) is 11.1 Å². The fourth-order valence-electron chi connectivity index (χ4n) is 3.11. The zero-order chi connectivity index (χ0) is 23.4. The Bertz CT molecular complexity index is 1330. The number of anilines is 1. The van der Waals surface area contributed by atoms with Crippen LogP contribution >= 0.6 is 23.4 Å². The van der Waals surface area contributed by atoms with Crippen molar-refractivity contribution in [3.05, 3.63) is 89.2 Å². The Morgan fingerprint density at radius 2 is 1.76 bits per heavy atom. The van der Waals surface area contributed by atoms with Gasteiger partial charge in [-0.15, -0.1) is 10.2 Å². The summed E-state index contributed by atoms with van der Waals surface area (Å²) >= 11 is 7.18. The average Bonchev–Trinajstić information content (AvgIpc) is 3.22. The first-order valence-electron chi connectivity index (χ1n) is 9.72. The van der Waals surface area contributed by atoms with Gasteiger partial charge in [-0.3, -0.25) is 14.2 Å². The first kappa shape index (κ1) is 22.5. The lowest BCUT2D eigenvalue weighted by Gasteiger charge is -2.11. The third-order valence-corrected chi connectivity index (χ3v) is 5.85. The van der Waals surface area contributed by atoms with Gasteiger partial charge in [-0.2, -0.15) is 0 Å². The molecule has 3 N–H and O–H groups in total. The second-order valence-electron chi connectivity index (χ2n) is 6.85. The topological polar surface area (TPSA) is 103 Å². The van der Waals surface area contributed by atoms with Gasteiger partial charge in [-0.1, -0.05) is 53.7 Å². The van der Waals surface area contributed by atoms with E-state index in [0.717, 1.165) is 17.4 Å². The maximum absolute atomic E-state index is 14.5. The van der Waals surface area contributed by atoms with Crippen molar-refractivity contribution < 1.29 is 14.0 Å². The molecule has 0 aliphatic heterocycles. The highest BCUT2D eigenvalue weighted by Crippen LogP contribution is 2.29. The van der Waals surface area contributed by atoms with Crippen LogP contribution in [0.4, 0.5) is 10.1 Å². The number of hydrogen-bond acceptors (Lipinski definition) is 5. The van der Waals surface area contributed by atoms with E-state index in [1.54, 1.807) is 22.8 Å². The molecule has 1 heterocycles. The van der Waals surface area contributed by atoms with Crippen molar-refractivity contribution >= 4 is 40.9 Å². The first-order chi connectivity index (χ1) is 15.9. The van der Waals surface area contributed by atoms with Crippen molar-refractivity contribution in [3.63, 3.8) is 0 Å². The molecule has 0 fully saturated rings. The van der Waals surface area contributed by atoms with Crippen molar-refractivity contribution in [2.24, 2.45) is 5.73 Å². The van der Waals surface area contributed by atoms with E-state index in [0.29, 0.717) is 22.2 Å². The summed E-state index contributed by atoms with van der Waals surface area (Å²) < 4.78 is 16.2. The normalized spacial score (nSPS) is 10.7. The molecule has 0 saturated heterocycles. The molecule has 10 heteroatoms. The van der Waals surface area contributed by atoms with Gasteiger partial charge in [-0.05, 0) is 42.5 Å². The predicted octanol–water partition coefficient (Wildman–Crippen LogP) is 4.56. The number of rotatable bonds is 7. The molecule has 33 heavy (non-hydrogen) atoms. The number of nitrogens with two attached hydrogens (primary N) is 1. The number of aromatic nitrogens is 3. The van der Waals surface area contributed by atoms with E-state index in [1.165, 1.54) is 24.3 Å². The smallest absolute Gasteiger partial charge is 0.250 e. The number of amides is 2. The average molecular weight is 482 g/mol. The van der Waals surface area contributed by atoms with E-state index in [4.69, 9.17) is 17.3 Å². The Kier molecular flexibility index (Phi) is 6.71. The van der Waals surface area contributed by atoms with E-state index in [-0.39, 0.29) is 22.2 Å². The number of carbonyl (C=O) groups is 2. The number of halogens is 2. The second-order valence-corrected chi connectivity index (χ2v) is 8.20. The molecule has 3 aromatic carbocycles. The molecule has 4 aromatic rings. The molecule has 2 amide bonds. The molecular formula is C23H17ClFN5O2S. The number of hydrogen-bond donors (Lipinski definition) is 2. The Hall–Kier alpha value is -3.69. The summed E-state index contributed by atoms with van der Waals surface area (Å²) in [5.41, 5.74) is 6.87. The van der Waals surface area contributed by atoms with Crippen molar-refractivity contribution in [2.45, 2.75) is 5.16 Å². The minimum Gasteiger partial charge on any atom is -0.366 e. The van der Waals surface area contributed by atoms with Crippen LogP contribution in [0, 0.1) is 5.82 Å². The molecule has 0 atom stereocenters. The molecule has 0 unspecified atom stereocenters. The van der Waals surface area contributed by atoms with Gasteiger partial charge < -0.3 is 11.1 Å². The molecule has 166 valence electrons. The Morgan fingerprint density at radius 1 is 1.03 bits per heavy atom. The number of nitrogens with zero attached hydrogens (tertiary/aromatic N) is 3. The van der Waals surface area contributed by atoms with E-state index >= 15 is 0 Å². The van der Waals surface area contributed by atoms with Gasteiger partial charge in [0, 0.05) is 11.4 Å². The van der Waals surface area contributed by atoms with Crippen LogP contribution in [0.15, 0.2) is 78.0 Å². The zero-order valence-electron chi connectivity index (χ0n) is 17.0. The van der Waals surface area contributed by atoms with E-state index < -0.39 is 11.7 Å². The molecule has 7 nitrogen and oxygen atoms in total. The Balaban J connectivity index is 1.56. The fourth-order valence-corrected chi connectivity index (χ4v) is 4.14. The zero-order valence-corrected chi connectivity index (χ0v) is 18.6. The molecule has 0 spiro atoms. The maximum atomic E-state index is 14.5. The summed E-state index contributed by atoms with van der Waals surface area (Å²) in [5.74, 6) is -1.06. The summed E-state index contributed by atoms with van der Waals surface area (Å²) in [6, 6.07) is 20.0. The van der Waals surface area contributed by atoms with Gasteiger partial charge >= 0.3 is 0 Å². The lowest BCUT2D eigenvalue weighted by atomic mass is 10.2. The number of thioether (sulfide) groups is 1. The van der Waals surface area contributed by atoms with E-state index in [9.17, 15) is 14.0 Å². The number of carbonyl (C=O) groups excluding carboxylic acids is 2. The summed E-state index contributed by atoms with van der Waals surface area (Å²) in [7, 11) is 0. The van der Waals surface area contributed by atoms with Crippen LogP contribution in [0.3, 0.4) is 0 Å². The summed E-state index contributed by atoms with van der Waals surface area (Å²) in [6.45, 7) is 0. The summed E-state index contributed by atoms with van der Waals surface area (Å²) in [4.78, 5) is 23.8. The molecule has 0 radical (unpaired) electrons. The highest BCUT2D eigenvalue weighted by Gasteiger charge is 2.19. The van der Waals surface area contributed by atoms with Crippen LogP contribution in [0.2, 0.25) is 5.02 Å². The van der Waals surface area contributed by atoms with Crippen LogP contribution < -0.4 is 11.1 Å². The molecular weight excluding hydrogens is 465 g/mol. The molecule has 4 rings (SSSR count). The monoisotopic (exact) mass is 481 g/mol. The molecule has 0 bridgehead atoms. The minimum atomic E-state index is -0.653. The van der Waals surface area contributed by atoms with Gasteiger partial charge in [-0.25, -0.2) is 4.39 Å². The van der Waals surface area contributed by atoms with Crippen molar-refractivity contribution in [3.8, 4) is 17.1 Å². The predicted molar refractivity (Wildman–Crippen MR) is 126 cm³/mol.